The Morgan fingerprint density at radius 3 is 2.65 bits per heavy atom. The van der Waals surface area contributed by atoms with Crippen LogP contribution in [-0.4, -0.2) is 40.6 Å². The number of hydrogen-bond donors (Lipinski definition) is 1. The summed E-state index contributed by atoms with van der Waals surface area (Å²) < 4.78 is 13.4. The summed E-state index contributed by atoms with van der Waals surface area (Å²) in [6.07, 6.45) is -1.13. The molecule has 1 aliphatic rings. The van der Waals surface area contributed by atoms with Gasteiger partial charge in [-0.1, -0.05) is 6.07 Å². The largest absolute Gasteiger partial charge is 0.465 e. The lowest BCUT2D eigenvalue weighted by molar-refractivity contribution is -0.123. The van der Waals surface area contributed by atoms with Gasteiger partial charge in [-0.05, 0) is 38.5 Å². The number of hydrogen-bond acceptors (Lipinski definition) is 2. The van der Waals surface area contributed by atoms with E-state index >= 15 is 0 Å². The molecule has 2 rings (SSSR count). The van der Waals surface area contributed by atoms with Crippen molar-refractivity contribution in [3.8, 4) is 0 Å². The predicted molar refractivity (Wildman–Crippen MR) is 72.3 cm³/mol. The molecule has 108 valence electrons. The Bertz CT molecular complexity index is 572. The zero-order chi connectivity index (χ0) is 15.1. The molecule has 1 fully saturated rings. The predicted octanol–water partition coefficient (Wildman–Crippen LogP) is 2.24. The van der Waals surface area contributed by atoms with Gasteiger partial charge in [0.05, 0.1) is 5.54 Å². The number of halogens is 1. The number of nitrogens with zero attached hydrogens (tertiary/aromatic N) is 2. The van der Waals surface area contributed by atoms with Crippen molar-refractivity contribution in [3.63, 3.8) is 0 Å². The van der Waals surface area contributed by atoms with Crippen LogP contribution < -0.4 is 4.90 Å². The monoisotopic (exact) mass is 280 g/mol. The van der Waals surface area contributed by atoms with Gasteiger partial charge in [-0.15, -0.1) is 0 Å². The second kappa shape index (κ2) is 4.77. The van der Waals surface area contributed by atoms with Crippen LogP contribution in [-0.2, 0) is 4.79 Å². The third kappa shape index (κ3) is 2.45. The molecule has 5 nitrogen and oxygen atoms in total. The summed E-state index contributed by atoms with van der Waals surface area (Å²) in [6, 6.07) is 4.25. The van der Waals surface area contributed by atoms with E-state index in [2.05, 4.69) is 0 Å². The summed E-state index contributed by atoms with van der Waals surface area (Å²) in [5.41, 5.74) is 0.547. The maximum absolute atomic E-state index is 13.4. The third-order valence-corrected chi connectivity index (χ3v) is 3.56. The first-order valence-electron chi connectivity index (χ1n) is 6.29. The molecule has 2 amide bonds. The van der Waals surface area contributed by atoms with Crippen molar-refractivity contribution >= 4 is 17.7 Å². The Hall–Kier alpha value is -2.11. The Balaban J connectivity index is 2.38. The molecule has 0 spiro atoms. The molecule has 1 N–H and O–H groups in total. The molecule has 1 aliphatic heterocycles. The molecule has 1 heterocycles. The molecule has 20 heavy (non-hydrogen) atoms. The molecule has 1 saturated heterocycles. The first-order chi connectivity index (χ1) is 9.22. The SMILES string of the molecule is Cc1ccc(F)cc1N1CC(C)(C)N(C(=O)O)CC1=O. The summed E-state index contributed by atoms with van der Waals surface area (Å²) in [4.78, 5) is 25.9. The highest BCUT2D eigenvalue weighted by molar-refractivity contribution is 5.98. The van der Waals surface area contributed by atoms with Crippen molar-refractivity contribution in [1.82, 2.24) is 4.90 Å². The maximum Gasteiger partial charge on any atom is 0.408 e. The van der Waals surface area contributed by atoms with E-state index in [1.165, 1.54) is 17.0 Å². The first kappa shape index (κ1) is 14.3. The lowest BCUT2D eigenvalue weighted by Gasteiger charge is -2.45. The van der Waals surface area contributed by atoms with E-state index in [0.717, 1.165) is 10.5 Å². The van der Waals surface area contributed by atoms with Crippen LogP contribution in [0.5, 0.6) is 0 Å². The summed E-state index contributed by atoms with van der Waals surface area (Å²) in [7, 11) is 0. The van der Waals surface area contributed by atoms with Crippen molar-refractivity contribution in [3.05, 3.63) is 29.6 Å². The Morgan fingerprint density at radius 2 is 2.05 bits per heavy atom. The minimum atomic E-state index is -1.13. The third-order valence-electron chi connectivity index (χ3n) is 3.56. The van der Waals surface area contributed by atoms with Crippen molar-refractivity contribution < 1.29 is 19.1 Å². The van der Waals surface area contributed by atoms with E-state index in [1.807, 2.05) is 0 Å². The lowest BCUT2D eigenvalue weighted by Crippen LogP contribution is -2.63. The van der Waals surface area contributed by atoms with Crippen LogP contribution in [0.1, 0.15) is 19.4 Å². The van der Waals surface area contributed by atoms with Gasteiger partial charge in [0, 0.05) is 12.2 Å². The van der Waals surface area contributed by atoms with Crippen LogP contribution in [0.2, 0.25) is 0 Å². The van der Waals surface area contributed by atoms with Crippen LogP contribution in [0.15, 0.2) is 18.2 Å². The van der Waals surface area contributed by atoms with E-state index in [1.54, 1.807) is 26.8 Å². The van der Waals surface area contributed by atoms with Gasteiger partial charge in [-0.25, -0.2) is 9.18 Å². The van der Waals surface area contributed by atoms with Crippen LogP contribution in [0, 0.1) is 12.7 Å². The number of piperazine rings is 1. The van der Waals surface area contributed by atoms with E-state index in [0.29, 0.717) is 5.69 Å². The summed E-state index contributed by atoms with van der Waals surface area (Å²) in [5, 5.41) is 9.14. The quantitative estimate of drug-likeness (QED) is 0.858. The van der Waals surface area contributed by atoms with E-state index in [9.17, 15) is 14.0 Å². The molecule has 0 bridgehead atoms. The zero-order valence-electron chi connectivity index (χ0n) is 11.7. The molecule has 0 radical (unpaired) electrons. The highest BCUT2D eigenvalue weighted by Gasteiger charge is 2.41. The van der Waals surface area contributed by atoms with Crippen LogP contribution in [0.25, 0.3) is 0 Å². The zero-order valence-corrected chi connectivity index (χ0v) is 11.7. The molecule has 0 aromatic heterocycles. The minimum Gasteiger partial charge on any atom is -0.465 e. The highest BCUT2D eigenvalue weighted by Crippen LogP contribution is 2.29. The smallest absolute Gasteiger partial charge is 0.408 e. The number of aryl methyl sites for hydroxylation is 1. The lowest BCUT2D eigenvalue weighted by atomic mass is 9.98. The highest BCUT2D eigenvalue weighted by atomic mass is 19.1. The fourth-order valence-electron chi connectivity index (χ4n) is 2.41. The van der Waals surface area contributed by atoms with Gasteiger partial charge in [0.2, 0.25) is 5.91 Å². The van der Waals surface area contributed by atoms with Crippen molar-refractivity contribution in [2.75, 3.05) is 18.0 Å². The molecule has 0 unspecified atom stereocenters. The Kier molecular flexibility index (Phi) is 3.41. The van der Waals surface area contributed by atoms with Crippen LogP contribution in [0.4, 0.5) is 14.9 Å². The number of amides is 2. The molecule has 0 aliphatic carbocycles. The molecule has 0 saturated carbocycles. The minimum absolute atomic E-state index is 0.197. The Labute approximate surface area is 116 Å². The van der Waals surface area contributed by atoms with Crippen molar-refractivity contribution in [1.29, 1.82) is 0 Å². The van der Waals surface area contributed by atoms with Gasteiger partial charge in [-0.3, -0.25) is 9.69 Å². The van der Waals surface area contributed by atoms with E-state index < -0.39 is 17.4 Å². The maximum atomic E-state index is 13.4. The standard InChI is InChI=1S/C14H17FN2O3/c1-9-4-5-10(15)6-11(9)16-8-14(2,3)17(13(19)20)7-12(16)18/h4-6H,7-8H2,1-3H3,(H,19,20). The first-order valence-corrected chi connectivity index (χ1v) is 6.29. The van der Waals surface area contributed by atoms with Gasteiger partial charge in [0.1, 0.15) is 12.4 Å². The van der Waals surface area contributed by atoms with Crippen molar-refractivity contribution in [2.24, 2.45) is 0 Å². The number of anilines is 1. The molecule has 1 aromatic rings. The number of carboxylic acid groups (broad SMARTS) is 1. The molecular weight excluding hydrogens is 263 g/mol. The van der Waals surface area contributed by atoms with Crippen LogP contribution in [0.3, 0.4) is 0 Å². The number of benzene rings is 1. The average molecular weight is 280 g/mol. The normalized spacial score (nSPS) is 18.3. The number of carbonyl (C=O) groups excluding carboxylic acids is 1. The fourth-order valence-corrected chi connectivity index (χ4v) is 2.41. The summed E-state index contributed by atoms with van der Waals surface area (Å²) in [6.45, 7) is 5.25. The molecule has 0 atom stereocenters. The molecular formula is C14H17FN2O3. The van der Waals surface area contributed by atoms with Crippen LogP contribution >= 0.6 is 0 Å². The van der Waals surface area contributed by atoms with Gasteiger partial charge < -0.3 is 10.0 Å². The van der Waals surface area contributed by atoms with Gasteiger partial charge in [-0.2, -0.15) is 0 Å². The van der Waals surface area contributed by atoms with Crippen molar-refractivity contribution in [2.45, 2.75) is 26.3 Å². The van der Waals surface area contributed by atoms with E-state index in [-0.39, 0.29) is 19.0 Å². The second-order valence-corrected chi connectivity index (χ2v) is 5.59. The average Bonchev–Trinajstić information content (AvgIpc) is 2.34. The topological polar surface area (TPSA) is 60.9 Å². The second-order valence-electron chi connectivity index (χ2n) is 5.59. The summed E-state index contributed by atoms with van der Waals surface area (Å²) in [5.74, 6) is -0.766. The Morgan fingerprint density at radius 1 is 1.40 bits per heavy atom. The number of rotatable bonds is 1. The summed E-state index contributed by atoms with van der Waals surface area (Å²) >= 11 is 0. The van der Waals surface area contributed by atoms with Gasteiger partial charge in [0.25, 0.3) is 0 Å². The molecule has 1 aromatic carbocycles. The van der Waals surface area contributed by atoms with Gasteiger partial charge >= 0.3 is 6.09 Å². The van der Waals surface area contributed by atoms with Gasteiger partial charge in [0.15, 0.2) is 0 Å². The fraction of sp³-hybridized carbons (Fsp3) is 0.429. The number of carbonyl (C=O) groups is 2. The molecule has 6 heteroatoms. The van der Waals surface area contributed by atoms with E-state index in [4.69, 9.17) is 5.11 Å².